The van der Waals surface area contributed by atoms with Crippen LogP contribution in [0.25, 0.3) is 10.2 Å². The van der Waals surface area contributed by atoms with Crippen LogP contribution in [0.4, 0.5) is 5.69 Å². The second-order valence-corrected chi connectivity index (χ2v) is 11.6. The van der Waals surface area contributed by atoms with Gasteiger partial charge >= 0.3 is 4.87 Å². The number of nitrogens with one attached hydrogen (secondary N) is 1. The first-order valence-electron chi connectivity index (χ1n) is 11.4. The lowest BCUT2D eigenvalue weighted by molar-refractivity contribution is 0.102. The van der Waals surface area contributed by atoms with Gasteiger partial charge < -0.3 is 10.1 Å². The molecule has 1 fully saturated rings. The molecule has 1 aliphatic heterocycles. The Morgan fingerprint density at radius 2 is 1.76 bits per heavy atom. The van der Waals surface area contributed by atoms with Gasteiger partial charge in [-0.05, 0) is 63.1 Å². The van der Waals surface area contributed by atoms with Crippen LogP contribution in [0.15, 0.2) is 46.1 Å². The minimum absolute atomic E-state index is 0.0276. The van der Waals surface area contributed by atoms with Crippen molar-refractivity contribution < 1.29 is 17.9 Å². The van der Waals surface area contributed by atoms with E-state index in [2.05, 4.69) is 5.32 Å². The third kappa shape index (κ3) is 4.75. The molecule has 1 N–H and O–H groups in total. The Balaban J connectivity index is 1.64. The Bertz CT molecular complexity index is 1370. The lowest BCUT2D eigenvalue weighted by Gasteiger charge is -2.20. The van der Waals surface area contributed by atoms with Gasteiger partial charge in [-0.25, -0.2) is 8.42 Å². The summed E-state index contributed by atoms with van der Waals surface area (Å²) in [5.41, 5.74) is 1.45. The van der Waals surface area contributed by atoms with Crippen LogP contribution in [-0.2, 0) is 10.0 Å². The summed E-state index contributed by atoms with van der Waals surface area (Å²) < 4.78 is 35.8. The third-order valence-corrected chi connectivity index (χ3v) is 8.82. The number of hydrogen-bond acceptors (Lipinski definition) is 6. The average molecular weight is 504 g/mol. The molecule has 1 aromatic heterocycles. The molecule has 0 radical (unpaired) electrons. The molecule has 2 heterocycles. The first-order chi connectivity index (χ1) is 16.2. The number of thiazole rings is 1. The molecule has 0 aliphatic carbocycles. The minimum Gasteiger partial charge on any atom is -0.496 e. The van der Waals surface area contributed by atoms with E-state index in [0.717, 1.165) is 47.2 Å². The number of benzene rings is 2. The van der Waals surface area contributed by atoms with Gasteiger partial charge in [-0.2, -0.15) is 4.31 Å². The summed E-state index contributed by atoms with van der Waals surface area (Å²) in [5.74, 6) is -0.205. The van der Waals surface area contributed by atoms with Crippen molar-refractivity contribution in [3.05, 3.63) is 51.6 Å². The van der Waals surface area contributed by atoms with Gasteiger partial charge in [0, 0.05) is 24.8 Å². The number of rotatable bonds is 6. The van der Waals surface area contributed by atoms with Gasteiger partial charge in [-0.3, -0.25) is 14.2 Å². The zero-order chi connectivity index (χ0) is 24.5. The Labute approximate surface area is 203 Å². The zero-order valence-electron chi connectivity index (χ0n) is 19.5. The molecule has 1 amide bonds. The summed E-state index contributed by atoms with van der Waals surface area (Å²) in [7, 11) is -2.28. The number of hydrogen-bond donors (Lipinski definition) is 1. The normalized spacial score (nSPS) is 15.4. The number of carbonyl (C=O) groups is 1. The summed E-state index contributed by atoms with van der Waals surface area (Å²) in [6.07, 6.45) is 3.69. The molecular weight excluding hydrogens is 474 g/mol. The highest BCUT2D eigenvalue weighted by atomic mass is 32.2. The summed E-state index contributed by atoms with van der Waals surface area (Å²) in [6.45, 7) is 4.86. The van der Waals surface area contributed by atoms with E-state index in [1.807, 2.05) is 13.8 Å². The molecule has 0 atom stereocenters. The van der Waals surface area contributed by atoms with Crippen LogP contribution in [-0.4, -0.2) is 43.4 Å². The second-order valence-electron chi connectivity index (χ2n) is 8.65. The minimum atomic E-state index is -3.72. The van der Waals surface area contributed by atoms with Crippen LogP contribution in [0.3, 0.4) is 0 Å². The fraction of sp³-hybridized carbons (Fsp3) is 0.417. The van der Waals surface area contributed by atoms with E-state index < -0.39 is 15.9 Å². The first kappa shape index (κ1) is 24.4. The maximum absolute atomic E-state index is 13.2. The topological polar surface area (TPSA) is 97.7 Å². The van der Waals surface area contributed by atoms with E-state index in [1.165, 1.54) is 29.6 Å². The maximum atomic E-state index is 13.2. The number of aromatic nitrogens is 1. The maximum Gasteiger partial charge on any atom is 0.308 e. The SMILES string of the molecule is COc1ccc(S(=O)(=O)N2CCCCCC2)cc1C(=O)Nc1ccc2c(c1)sc(=O)n2C(C)C. The quantitative estimate of drug-likeness (QED) is 0.535. The average Bonchev–Trinajstić information content (AvgIpc) is 2.96. The van der Waals surface area contributed by atoms with E-state index in [1.54, 1.807) is 22.8 Å². The predicted octanol–water partition coefficient (Wildman–Crippen LogP) is 4.47. The van der Waals surface area contributed by atoms with Crippen molar-refractivity contribution in [1.29, 1.82) is 0 Å². The third-order valence-electron chi connectivity index (χ3n) is 6.01. The van der Waals surface area contributed by atoms with E-state index in [0.29, 0.717) is 18.8 Å². The summed E-state index contributed by atoms with van der Waals surface area (Å²) in [5, 5.41) is 2.82. The molecule has 10 heteroatoms. The van der Waals surface area contributed by atoms with Crippen molar-refractivity contribution in [2.24, 2.45) is 0 Å². The van der Waals surface area contributed by atoms with E-state index in [-0.39, 0.29) is 27.1 Å². The van der Waals surface area contributed by atoms with Crippen molar-refractivity contribution in [1.82, 2.24) is 8.87 Å². The molecular formula is C24H29N3O5S2. The summed E-state index contributed by atoms with van der Waals surface area (Å²) in [4.78, 5) is 25.5. The monoisotopic (exact) mass is 503 g/mol. The predicted molar refractivity (Wildman–Crippen MR) is 135 cm³/mol. The largest absolute Gasteiger partial charge is 0.496 e. The number of nitrogens with zero attached hydrogens (tertiary/aromatic N) is 2. The van der Waals surface area contributed by atoms with Crippen LogP contribution in [0.2, 0.25) is 0 Å². The standard InChI is InChI=1S/C24H29N3O5S2/c1-16(2)27-20-10-8-17(14-22(20)33-24(27)29)25-23(28)19-15-18(9-11-21(19)32-3)34(30,31)26-12-6-4-5-7-13-26/h8-11,14-16H,4-7,12-13H2,1-3H3,(H,25,28). The Kier molecular flexibility index (Phi) is 7.11. The van der Waals surface area contributed by atoms with E-state index in [4.69, 9.17) is 4.74 Å². The molecule has 0 bridgehead atoms. The van der Waals surface area contributed by atoms with Gasteiger partial charge in [0.2, 0.25) is 10.0 Å². The molecule has 0 spiro atoms. The molecule has 0 unspecified atom stereocenters. The van der Waals surface area contributed by atoms with Gasteiger partial charge in [0.1, 0.15) is 5.75 Å². The zero-order valence-corrected chi connectivity index (χ0v) is 21.2. The number of carbonyl (C=O) groups excluding carboxylic acids is 1. The number of anilines is 1. The van der Waals surface area contributed by atoms with Crippen LogP contribution < -0.4 is 14.9 Å². The van der Waals surface area contributed by atoms with E-state index in [9.17, 15) is 18.0 Å². The van der Waals surface area contributed by atoms with Gasteiger partial charge in [-0.1, -0.05) is 24.2 Å². The van der Waals surface area contributed by atoms with Crippen LogP contribution in [0.1, 0.15) is 55.9 Å². The molecule has 182 valence electrons. The van der Waals surface area contributed by atoms with Crippen LogP contribution >= 0.6 is 11.3 Å². The molecule has 1 saturated heterocycles. The molecule has 4 rings (SSSR count). The molecule has 0 saturated carbocycles. The molecule has 34 heavy (non-hydrogen) atoms. The van der Waals surface area contributed by atoms with Gasteiger partial charge in [0.05, 0.1) is 27.8 Å². The van der Waals surface area contributed by atoms with E-state index >= 15 is 0 Å². The van der Waals surface area contributed by atoms with Crippen molar-refractivity contribution in [3.63, 3.8) is 0 Å². The van der Waals surface area contributed by atoms with Crippen molar-refractivity contribution in [2.75, 3.05) is 25.5 Å². The number of ether oxygens (including phenoxy) is 1. The van der Waals surface area contributed by atoms with Gasteiger partial charge in [0.25, 0.3) is 5.91 Å². The van der Waals surface area contributed by atoms with Crippen molar-refractivity contribution >= 4 is 43.2 Å². The smallest absolute Gasteiger partial charge is 0.308 e. The molecule has 3 aromatic rings. The summed E-state index contributed by atoms with van der Waals surface area (Å²) in [6, 6.07) is 9.68. The van der Waals surface area contributed by atoms with Crippen molar-refractivity contribution in [3.8, 4) is 5.75 Å². The number of amides is 1. The fourth-order valence-electron chi connectivity index (χ4n) is 4.26. The number of methoxy groups -OCH3 is 1. The molecule has 1 aliphatic rings. The second kappa shape index (κ2) is 9.89. The Morgan fingerprint density at radius 3 is 2.41 bits per heavy atom. The number of fused-ring (bicyclic) bond motifs is 1. The Morgan fingerprint density at radius 1 is 1.06 bits per heavy atom. The van der Waals surface area contributed by atoms with Gasteiger partial charge in [0.15, 0.2) is 0 Å². The highest BCUT2D eigenvalue weighted by Gasteiger charge is 2.27. The number of sulfonamides is 1. The highest BCUT2D eigenvalue weighted by molar-refractivity contribution is 7.89. The molecule has 2 aromatic carbocycles. The van der Waals surface area contributed by atoms with Crippen LogP contribution in [0, 0.1) is 0 Å². The Hall–Kier alpha value is -2.69. The molecule has 8 nitrogen and oxygen atoms in total. The van der Waals surface area contributed by atoms with Gasteiger partial charge in [-0.15, -0.1) is 0 Å². The fourth-order valence-corrected chi connectivity index (χ4v) is 6.85. The lowest BCUT2D eigenvalue weighted by atomic mass is 10.1. The highest BCUT2D eigenvalue weighted by Crippen LogP contribution is 2.28. The van der Waals surface area contributed by atoms with Crippen molar-refractivity contribution in [2.45, 2.75) is 50.5 Å². The van der Waals surface area contributed by atoms with Crippen LogP contribution in [0.5, 0.6) is 5.75 Å². The first-order valence-corrected chi connectivity index (χ1v) is 13.6. The lowest BCUT2D eigenvalue weighted by Crippen LogP contribution is -2.32. The summed E-state index contributed by atoms with van der Waals surface area (Å²) >= 11 is 1.12.